The summed E-state index contributed by atoms with van der Waals surface area (Å²) < 4.78 is 10.9. The molecular weight excluding hydrogens is 332 g/mol. The molecule has 1 heterocycles. The molecule has 0 spiro atoms. The lowest BCUT2D eigenvalue weighted by molar-refractivity contribution is -0.121. The summed E-state index contributed by atoms with van der Waals surface area (Å²) in [6.45, 7) is 9.08. The van der Waals surface area contributed by atoms with E-state index >= 15 is 0 Å². The van der Waals surface area contributed by atoms with Gasteiger partial charge in [0.05, 0.1) is 5.69 Å². The second kappa shape index (κ2) is 6.89. The smallest absolute Gasteiger partial charge is 0.408 e. The van der Waals surface area contributed by atoms with E-state index in [1.54, 1.807) is 43.9 Å². The zero-order valence-corrected chi connectivity index (χ0v) is 15.3. The lowest BCUT2D eigenvalue weighted by atomic mass is 10.2. The molecule has 0 fully saturated rings. The van der Waals surface area contributed by atoms with Crippen LogP contribution >= 0.6 is 11.6 Å². The van der Waals surface area contributed by atoms with Gasteiger partial charge in [-0.05, 0) is 46.8 Å². The lowest BCUT2D eigenvalue weighted by Crippen LogP contribution is -2.53. The van der Waals surface area contributed by atoms with Crippen LogP contribution in [-0.2, 0) is 9.53 Å². The molecule has 0 bridgehead atoms. The molecule has 1 aromatic carbocycles. The highest BCUT2D eigenvalue weighted by Gasteiger charge is 2.35. The minimum Gasteiger partial charge on any atom is -0.489 e. The van der Waals surface area contributed by atoms with Crippen molar-refractivity contribution in [3.8, 4) is 5.75 Å². The predicted molar refractivity (Wildman–Crippen MR) is 92.7 cm³/mol. The molecule has 2 amide bonds. The molecule has 1 aliphatic rings. The number of carbonyl (C=O) groups is 2. The molecule has 0 aliphatic carbocycles. The van der Waals surface area contributed by atoms with Crippen LogP contribution in [0.25, 0.3) is 0 Å². The zero-order valence-electron chi connectivity index (χ0n) is 14.6. The Bertz CT molecular complexity index is 640. The van der Waals surface area contributed by atoms with Crippen molar-refractivity contribution in [1.82, 2.24) is 5.32 Å². The van der Waals surface area contributed by atoms with Crippen molar-refractivity contribution in [1.29, 1.82) is 0 Å². The maximum Gasteiger partial charge on any atom is 0.408 e. The van der Waals surface area contributed by atoms with Gasteiger partial charge in [-0.15, -0.1) is 0 Å². The van der Waals surface area contributed by atoms with Gasteiger partial charge in [-0.2, -0.15) is 0 Å². The summed E-state index contributed by atoms with van der Waals surface area (Å²) in [4.78, 5) is 26.5. The number of hydrogen-bond donors (Lipinski definition) is 1. The van der Waals surface area contributed by atoms with Crippen molar-refractivity contribution in [2.24, 2.45) is 0 Å². The minimum atomic E-state index is -0.839. The highest BCUT2D eigenvalue weighted by Crippen LogP contribution is 2.35. The maximum atomic E-state index is 12.9. The Morgan fingerprint density at radius 3 is 2.67 bits per heavy atom. The molecular formula is C17H23ClN2O4. The average molecular weight is 355 g/mol. The molecule has 0 aromatic heterocycles. The van der Waals surface area contributed by atoms with E-state index in [0.717, 1.165) is 0 Å². The largest absolute Gasteiger partial charge is 0.489 e. The molecule has 6 nitrogen and oxygen atoms in total. The van der Waals surface area contributed by atoms with Gasteiger partial charge < -0.3 is 19.7 Å². The van der Waals surface area contributed by atoms with Crippen LogP contribution in [0.5, 0.6) is 5.75 Å². The normalized spacial score (nSPS) is 17.9. The van der Waals surface area contributed by atoms with Crippen LogP contribution < -0.4 is 15.0 Å². The molecule has 1 unspecified atom stereocenters. The van der Waals surface area contributed by atoms with Gasteiger partial charge in [0, 0.05) is 17.1 Å². The summed E-state index contributed by atoms with van der Waals surface area (Å²) >= 11 is 6.01. The van der Waals surface area contributed by atoms with E-state index in [1.165, 1.54) is 0 Å². The minimum absolute atomic E-state index is 0.00857. The van der Waals surface area contributed by atoms with Gasteiger partial charge in [0.25, 0.3) is 5.91 Å². The molecule has 2 rings (SSSR count). The van der Waals surface area contributed by atoms with Gasteiger partial charge in [-0.1, -0.05) is 11.6 Å². The summed E-state index contributed by atoms with van der Waals surface area (Å²) in [5.74, 6) is 0.259. The van der Waals surface area contributed by atoms with Crippen LogP contribution in [0, 0.1) is 0 Å². The first kappa shape index (κ1) is 18.4. The fourth-order valence-electron chi connectivity index (χ4n) is 2.42. The van der Waals surface area contributed by atoms with Crippen LogP contribution in [0.2, 0.25) is 5.02 Å². The second-order valence-electron chi connectivity index (χ2n) is 6.92. The molecule has 0 radical (unpaired) electrons. The standard InChI is InChI=1S/C17H23ClN2O4/c1-10(2)20-13-7-6-11(18)8-14(13)23-9-12(15(20)21)19-16(22)24-17(3,4)5/h6-8,10,12H,9H2,1-5H3,(H,19,22). The van der Waals surface area contributed by atoms with E-state index < -0.39 is 17.7 Å². The molecule has 1 atom stereocenters. The van der Waals surface area contributed by atoms with Crippen LogP contribution in [0.3, 0.4) is 0 Å². The predicted octanol–water partition coefficient (Wildman–Crippen LogP) is 3.37. The summed E-state index contributed by atoms with van der Waals surface area (Å²) in [7, 11) is 0. The van der Waals surface area contributed by atoms with Crippen LogP contribution in [-0.4, -0.2) is 36.3 Å². The van der Waals surface area contributed by atoms with E-state index in [9.17, 15) is 9.59 Å². The van der Waals surface area contributed by atoms with Gasteiger partial charge in [0.15, 0.2) is 0 Å². The molecule has 132 valence electrons. The van der Waals surface area contributed by atoms with Gasteiger partial charge in [-0.3, -0.25) is 4.79 Å². The summed E-state index contributed by atoms with van der Waals surface area (Å²) in [6, 6.07) is 4.16. The number of alkyl carbamates (subject to hydrolysis) is 1. The van der Waals surface area contributed by atoms with E-state index in [4.69, 9.17) is 21.1 Å². The summed E-state index contributed by atoms with van der Waals surface area (Å²) in [6.07, 6.45) is -0.655. The summed E-state index contributed by atoms with van der Waals surface area (Å²) in [5, 5.41) is 3.11. The molecule has 24 heavy (non-hydrogen) atoms. The Morgan fingerprint density at radius 1 is 1.42 bits per heavy atom. The molecule has 7 heteroatoms. The molecule has 0 saturated carbocycles. The third-order valence-electron chi connectivity index (χ3n) is 3.33. The van der Waals surface area contributed by atoms with Gasteiger partial charge in [-0.25, -0.2) is 4.79 Å². The Morgan fingerprint density at radius 2 is 2.08 bits per heavy atom. The highest BCUT2D eigenvalue weighted by atomic mass is 35.5. The lowest BCUT2D eigenvalue weighted by Gasteiger charge is -2.29. The number of benzene rings is 1. The van der Waals surface area contributed by atoms with Crippen molar-refractivity contribution < 1.29 is 19.1 Å². The number of nitrogens with one attached hydrogen (secondary N) is 1. The van der Waals surface area contributed by atoms with Gasteiger partial charge in [0.2, 0.25) is 0 Å². The molecule has 1 aliphatic heterocycles. The van der Waals surface area contributed by atoms with Crippen molar-refractivity contribution in [2.75, 3.05) is 11.5 Å². The fourth-order valence-corrected chi connectivity index (χ4v) is 2.58. The van der Waals surface area contributed by atoms with E-state index in [2.05, 4.69) is 5.32 Å². The van der Waals surface area contributed by atoms with Crippen molar-refractivity contribution in [3.63, 3.8) is 0 Å². The molecule has 0 saturated heterocycles. The van der Waals surface area contributed by atoms with Crippen molar-refractivity contribution in [3.05, 3.63) is 23.2 Å². The number of amides is 2. The Kier molecular flexibility index (Phi) is 5.28. The molecule has 1 N–H and O–H groups in total. The molecule has 1 aromatic rings. The van der Waals surface area contributed by atoms with Crippen molar-refractivity contribution in [2.45, 2.75) is 52.3 Å². The van der Waals surface area contributed by atoms with Gasteiger partial charge >= 0.3 is 6.09 Å². The van der Waals surface area contributed by atoms with Gasteiger partial charge in [0.1, 0.15) is 24.0 Å². The summed E-state index contributed by atoms with van der Waals surface area (Å²) in [5.41, 5.74) is -0.0136. The second-order valence-corrected chi connectivity index (χ2v) is 7.36. The SMILES string of the molecule is CC(C)N1C(=O)C(NC(=O)OC(C)(C)C)COc2cc(Cl)ccc21. The Hall–Kier alpha value is -1.95. The van der Waals surface area contributed by atoms with Crippen LogP contribution in [0.15, 0.2) is 18.2 Å². The maximum absolute atomic E-state index is 12.9. The monoisotopic (exact) mass is 354 g/mol. The quantitative estimate of drug-likeness (QED) is 0.884. The number of hydrogen-bond acceptors (Lipinski definition) is 4. The first-order valence-corrected chi connectivity index (χ1v) is 8.21. The zero-order chi connectivity index (χ0) is 18.1. The highest BCUT2D eigenvalue weighted by molar-refractivity contribution is 6.30. The number of ether oxygens (including phenoxy) is 2. The number of rotatable bonds is 2. The van der Waals surface area contributed by atoms with Crippen LogP contribution in [0.4, 0.5) is 10.5 Å². The van der Waals surface area contributed by atoms with Crippen LogP contribution in [0.1, 0.15) is 34.6 Å². The fraction of sp³-hybridized carbons (Fsp3) is 0.529. The number of anilines is 1. The Labute approximate surface area is 147 Å². The third-order valence-corrected chi connectivity index (χ3v) is 3.56. The Balaban J connectivity index is 2.26. The number of fused-ring (bicyclic) bond motifs is 1. The van der Waals surface area contributed by atoms with E-state index in [0.29, 0.717) is 16.5 Å². The first-order valence-electron chi connectivity index (χ1n) is 7.83. The average Bonchev–Trinajstić information content (AvgIpc) is 2.55. The van der Waals surface area contributed by atoms with E-state index in [-0.39, 0.29) is 18.6 Å². The number of nitrogens with zero attached hydrogens (tertiary/aromatic N) is 1. The first-order chi connectivity index (χ1) is 11.1. The number of carbonyl (C=O) groups excluding carboxylic acids is 2. The number of halogens is 1. The van der Waals surface area contributed by atoms with Crippen molar-refractivity contribution >= 4 is 29.3 Å². The third kappa shape index (κ3) is 4.32. The topological polar surface area (TPSA) is 67.9 Å². The van der Waals surface area contributed by atoms with E-state index in [1.807, 2.05) is 13.8 Å².